The monoisotopic (exact) mass is 387 g/mol. The fraction of sp³-hybridized carbons (Fsp3) is 0.524. The summed E-state index contributed by atoms with van der Waals surface area (Å²) in [5.74, 6) is -0.177. The molecule has 0 radical (unpaired) electrons. The SMILES string of the molecule is Cc1nc(C(=O)N2CCCC23CN(c2cccc(F)c2)C(C)(C)C3)c(C)s1. The van der Waals surface area contributed by atoms with Crippen LogP contribution in [0.2, 0.25) is 0 Å². The summed E-state index contributed by atoms with van der Waals surface area (Å²) in [5.41, 5.74) is 1.12. The summed E-state index contributed by atoms with van der Waals surface area (Å²) >= 11 is 1.58. The van der Waals surface area contributed by atoms with Crippen molar-refractivity contribution in [1.82, 2.24) is 9.88 Å². The molecule has 0 aliphatic carbocycles. The van der Waals surface area contributed by atoms with E-state index >= 15 is 0 Å². The van der Waals surface area contributed by atoms with Crippen molar-refractivity contribution in [3.8, 4) is 0 Å². The molecule has 4 rings (SSSR count). The first-order valence-electron chi connectivity index (χ1n) is 9.51. The van der Waals surface area contributed by atoms with Crippen LogP contribution in [0.5, 0.6) is 0 Å². The first kappa shape index (κ1) is 18.4. The van der Waals surface area contributed by atoms with E-state index in [9.17, 15) is 9.18 Å². The molecule has 1 atom stereocenters. The Hall–Kier alpha value is -1.95. The van der Waals surface area contributed by atoms with Gasteiger partial charge in [-0.05, 0) is 65.2 Å². The molecule has 27 heavy (non-hydrogen) atoms. The van der Waals surface area contributed by atoms with E-state index in [1.807, 2.05) is 19.9 Å². The number of anilines is 1. The van der Waals surface area contributed by atoms with E-state index < -0.39 is 0 Å². The van der Waals surface area contributed by atoms with E-state index in [1.54, 1.807) is 23.5 Å². The predicted molar refractivity (Wildman–Crippen MR) is 107 cm³/mol. The number of carbonyl (C=O) groups excluding carboxylic acids is 1. The van der Waals surface area contributed by atoms with Crippen molar-refractivity contribution in [1.29, 1.82) is 0 Å². The maximum absolute atomic E-state index is 13.8. The summed E-state index contributed by atoms with van der Waals surface area (Å²) in [6, 6.07) is 6.78. The molecule has 2 saturated heterocycles. The maximum Gasteiger partial charge on any atom is 0.274 e. The third kappa shape index (κ3) is 3.04. The first-order valence-corrected chi connectivity index (χ1v) is 10.3. The van der Waals surface area contributed by atoms with Gasteiger partial charge in [0.15, 0.2) is 0 Å². The number of amides is 1. The van der Waals surface area contributed by atoms with Crippen molar-refractivity contribution >= 4 is 22.9 Å². The predicted octanol–water partition coefficient (Wildman–Crippen LogP) is 4.56. The molecule has 1 amide bonds. The van der Waals surface area contributed by atoms with Crippen molar-refractivity contribution in [2.24, 2.45) is 0 Å². The van der Waals surface area contributed by atoms with Gasteiger partial charge < -0.3 is 9.80 Å². The Morgan fingerprint density at radius 2 is 2.07 bits per heavy atom. The Bertz CT molecular complexity index is 893. The lowest BCUT2D eigenvalue weighted by atomic mass is 9.87. The number of rotatable bonds is 2. The van der Waals surface area contributed by atoms with Crippen LogP contribution in [0.15, 0.2) is 24.3 Å². The average molecular weight is 388 g/mol. The number of hydrogen-bond donors (Lipinski definition) is 0. The summed E-state index contributed by atoms with van der Waals surface area (Å²) in [6.07, 6.45) is 2.86. The van der Waals surface area contributed by atoms with Gasteiger partial charge in [-0.3, -0.25) is 4.79 Å². The highest BCUT2D eigenvalue weighted by Crippen LogP contribution is 2.47. The van der Waals surface area contributed by atoms with Crippen molar-refractivity contribution in [3.05, 3.63) is 45.7 Å². The number of benzene rings is 1. The van der Waals surface area contributed by atoms with E-state index in [0.717, 1.165) is 47.9 Å². The van der Waals surface area contributed by atoms with Crippen molar-refractivity contribution < 1.29 is 9.18 Å². The van der Waals surface area contributed by atoms with E-state index in [1.165, 1.54) is 6.07 Å². The first-order chi connectivity index (χ1) is 12.7. The number of aryl methyl sites for hydroxylation is 2. The molecule has 4 nitrogen and oxygen atoms in total. The smallest absolute Gasteiger partial charge is 0.274 e. The van der Waals surface area contributed by atoms with Gasteiger partial charge in [-0.25, -0.2) is 9.37 Å². The molecular formula is C21H26FN3OS. The summed E-state index contributed by atoms with van der Waals surface area (Å²) in [5, 5.41) is 0.928. The van der Waals surface area contributed by atoms with Crippen molar-refractivity contribution in [2.75, 3.05) is 18.0 Å². The molecule has 6 heteroatoms. The zero-order valence-electron chi connectivity index (χ0n) is 16.4. The highest BCUT2D eigenvalue weighted by molar-refractivity contribution is 7.11. The Labute approximate surface area is 164 Å². The van der Waals surface area contributed by atoms with Crippen LogP contribution in [0.3, 0.4) is 0 Å². The van der Waals surface area contributed by atoms with Gasteiger partial charge in [-0.1, -0.05) is 6.07 Å². The van der Waals surface area contributed by atoms with Crippen LogP contribution in [-0.2, 0) is 0 Å². The van der Waals surface area contributed by atoms with Gasteiger partial charge >= 0.3 is 0 Å². The summed E-state index contributed by atoms with van der Waals surface area (Å²) in [7, 11) is 0. The second-order valence-corrected chi connectivity index (χ2v) is 9.88. The van der Waals surface area contributed by atoms with Crippen LogP contribution in [-0.4, -0.2) is 40.0 Å². The van der Waals surface area contributed by atoms with Crippen LogP contribution >= 0.6 is 11.3 Å². The highest BCUT2D eigenvalue weighted by Gasteiger charge is 2.55. The molecule has 144 valence electrons. The van der Waals surface area contributed by atoms with Gasteiger partial charge in [-0.15, -0.1) is 11.3 Å². The number of halogens is 1. The van der Waals surface area contributed by atoms with E-state index in [2.05, 4.69) is 28.6 Å². The van der Waals surface area contributed by atoms with E-state index in [-0.39, 0.29) is 22.8 Å². The lowest BCUT2D eigenvalue weighted by Crippen LogP contribution is -2.49. The highest BCUT2D eigenvalue weighted by atomic mass is 32.1. The molecule has 2 aromatic rings. The molecule has 1 aromatic heterocycles. The Balaban J connectivity index is 1.68. The normalized spacial score (nSPS) is 24.2. The van der Waals surface area contributed by atoms with Gasteiger partial charge in [0.25, 0.3) is 5.91 Å². The zero-order chi connectivity index (χ0) is 19.4. The number of likely N-dealkylation sites (tertiary alicyclic amines) is 1. The maximum atomic E-state index is 13.8. The van der Waals surface area contributed by atoms with Gasteiger partial charge in [0.2, 0.25) is 0 Å². The Morgan fingerprint density at radius 1 is 1.30 bits per heavy atom. The molecule has 3 heterocycles. The van der Waals surface area contributed by atoms with Gasteiger partial charge in [0.1, 0.15) is 11.5 Å². The van der Waals surface area contributed by atoms with Crippen LogP contribution in [0.4, 0.5) is 10.1 Å². The van der Waals surface area contributed by atoms with Crippen molar-refractivity contribution in [3.63, 3.8) is 0 Å². The average Bonchev–Trinajstić information content (AvgIpc) is 3.22. The molecular weight excluding hydrogens is 361 g/mol. The minimum absolute atomic E-state index is 0.0474. The van der Waals surface area contributed by atoms with E-state index in [4.69, 9.17) is 0 Å². The molecule has 1 aromatic carbocycles. The van der Waals surface area contributed by atoms with Crippen LogP contribution in [0.1, 0.15) is 53.5 Å². The third-order valence-corrected chi connectivity index (χ3v) is 6.90. The third-order valence-electron chi connectivity index (χ3n) is 6.01. The fourth-order valence-electron chi connectivity index (χ4n) is 5.01. The minimum atomic E-state index is -0.225. The number of nitrogens with zero attached hydrogens (tertiary/aromatic N) is 3. The summed E-state index contributed by atoms with van der Waals surface area (Å²) in [6.45, 7) is 9.79. The molecule has 2 aliphatic heterocycles. The van der Waals surface area contributed by atoms with Gasteiger partial charge in [0.05, 0.1) is 10.5 Å². The molecule has 1 spiro atoms. The molecule has 0 saturated carbocycles. The number of thiazole rings is 1. The van der Waals surface area contributed by atoms with Crippen molar-refractivity contribution in [2.45, 2.75) is 58.0 Å². The Kier molecular flexibility index (Phi) is 4.29. The summed E-state index contributed by atoms with van der Waals surface area (Å²) < 4.78 is 13.8. The zero-order valence-corrected chi connectivity index (χ0v) is 17.2. The molecule has 2 fully saturated rings. The van der Waals surface area contributed by atoms with Gasteiger partial charge in [0, 0.05) is 29.2 Å². The fourth-order valence-corrected chi connectivity index (χ4v) is 5.82. The van der Waals surface area contributed by atoms with Crippen LogP contribution in [0, 0.1) is 19.7 Å². The standard InChI is InChI=1S/C21H26FN3OS/c1-14-18(23-15(2)27-14)19(26)24-10-6-9-21(24)12-20(3,4)25(13-21)17-8-5-7-16(22)11-17/h5,7-8,11H,6,9-10,12-13H2,1-4H3. The summed E-state index contributed by atoms with van der Waals surface area (Å²) in [4.78, 5) is 23.1. The lowest BCUT2D eigenvalue weighted by Gasteiger charge is -2.35. The second kappa shape index (κ2) is 6.30. The molecule has 2 aliphatic rings. The lowest BCUT2D eigenvalue weighted by molar-refractivity contribution is 0.0611. The van der Waals surface area contributed by atoms with E-state index in [0.29, 0.717) is 5.69 Å². The quantitative estimate of drug-likeness (QED) is 0.758. The Morgan fingerprint density at radius 3 is 2.74 bits per heavy atom. The number of hydrogen-bond acceptors (Lipinski definition) is 4. The van der Waals surface area contributed by atoms with Gasteiger partial charge in [-0.2, -0.15) is 0 Å². The topological polar surface area (TPSA) is 36.4 Å². The minimum Gasteiger partial charge on any atom is -0.364 e. The molecule has 1 unspecified atom stereocenters. The number of carbonyl (C=O) groups is 1. The second-order valence-electron chi connectivity index (χ2n) is 8.48. The van der Waals surface area contributed by atoms with Crippen LogP contribution in [0.25, 0.3) is 0 Å². The largest absolute Gasteiger partial charge is 0.364 e. The van der Waals surface area contributed by atoms with Crippen LogP contribution < -0.4 is 4.90 Å². The number of aromatic nitrogens is 1. The molecule has 0 bridgehead atoms. The molecule has 0 N–H and O–H groups in total.